The zero-order valence-electron chi connectivity index (χ0n) is 12.4. The van der Waals surface area contributed by atoms with Gasteiger partial charge < -0.3 is 5.73 Å². The number of hydrogen-bond acceptors (Lipinski definition) is 3. The Morgan fingerprint density at radius 1 is 1.06 bits per heavy atom. The molecule has 1 fully saturated rings. The van der Waals surface area contributed by atoms with Crippen molar-refractivity contribution in [2.45, 2.75) is 70.4 Å². The predicted octanol–water partition coefficient (Wildman–Crippen LogP) is 2.60. The Kier molecular flexibility index (Phi) is 5.24. The summed E-state index contributed by atoms with van der Waals surface area (Å²) >= 11 is 0. The maximum absolute atomic E-state index is 12.6. The van der Waals surface area contributed by atoms with Crippen molar-refractivity contribution in [2.75, 3.05) is 0 Å². The monoisotopic (exact) mass is 275 g/mol. The molecule has 4 unspecified atom stereocenters. The summed E-state index contributed by atoms with van der Waals surface area (Å²) in [5, 5.41) is -0.629. The molecule has 0 aromatic heterocycles. The standard InChI is InChI=1S/C14H29NO2S/c1-9(2)11(5)18(16,17)14-8-12(10(3)4)6-7-13(14)15/h9-14H,6-8,15H2,1-5H3. The Morgan fingerprint density at radius 2 is 1.61 bits per heavy atom. The molecule has 1 rings (SSSR count). The smallest absolute Gasteiger partial charge is 0.157 e. The second-order valence-electron chi connectivity index (χ2n) is 6.56. The molecule has 0 amide bonds. The molecule has 0 spiro atoms. The number of sulfone groups is 1. The van der Waals surface area contributed by atoms with Crippen molar-refractivity contribution in [3.05, 3.63) is 0 Å². The van der Waals surface area contributed by atoms with E-state index in [1.54, 1.807) is 0 Å². The number of nitrogens with two attached hydrogens (primary N) is 1. The van der Waals surface area contributed by atoms with Gasteiger partial charge in [0.15, 0.2) is 9.84 Å². The zero-order chi connectivity index (χ0) is 14.1. The van der Waals surface area contributed by atoms with Crippen LogP contribution in [0.1, 0.15) is 53.9 Å². The first-order valence-electron chi connectivity index (χ1n) is 7.16. The quantitative estimate of drug-likeness (QED) is 0.858. The highest BCUT2D eigenvalue weighted by Crippen LogP contribution is 2.35. The highest BCUT2D eigenvalue weighted by Gasteiger charge is 2.41. The minimum absolute atomic E-state index is 0.154. The van der Waals surface area contributed by atoms with Gasteiger partial charge in [0.2, 0.25) is 0 Å². The molecule has 108 valence electrons. The van der Waals surface area contributed by atoms with Crippen LogP contribution < -0.4 is 5.73 Å². The molecule has 1 aliphatic rings. The summed E-state index contributed by atoms with van der Waals surface area (Å²) in [5.41, 5.74) is 6.09. The van der Waals surface area contributed by atoms with Crippen LogP contribution in [-0.4, -0.2) is 25.0 Å². The molecular weight excluding hydrogens is 246 g/mol. The van der Waals surface area contributed by atoms with E-state index in [1.165, 1.54) is 0 Å². The molecule has 3 nitrogen and oxygen atoms in total. The Morgan fingerprint density at radius 3 is 2.06 bits per heavy atom. The maximum Gasteiger partial charge on any atom is 0.157 e. The van der Waals surface area contributed by atoms with E-state index in [-0.39, 0.29) is 22.5 Å². The SMILES string of the molecule is CC(C)C1CCC(N)C(S(=O)(=O)C(C)C(C)C)C1. The van der Waals surface area contributed by atoms with Gasteiger partial charge in [-0.25, -0.2) is 8.42 Å². The normalized spacial score (nSPS) is 31.9. The molecule has 0 saturated heterocycles. The highest BCUT2D eigenvalue weighted by atomic mass is 32.2. The van der Waals surface area contributed by atoms with Crippen LogP contribution in [0.25, 0.3) is 0 Å². The first-order valence-corrected chi connectivity index (χ1v) is 8.77. The second-order valence-corrected chi connectivity index (χ2v) is 9.08. The molecule has 0 heterocycles. The summed E-state index contributed by atoms with van der Waals surface area (Å²) in [6, 6.07) is -0.175. The Bertz CT molecular complexity index is 362. The van der Waals surface area contributed by atoms with E-state index in [1.807, 2.05) is 20.8 Å². The van der Waals surface area contributed by atoms with Gasteiger partial charge in [0.05, 0.1) is 10.5 Å². The van der Waals surface area contributed by atoms with E-state index in [0.29, 0.717) is 11.8 Å². The third kappa shape index (κ3) is 3.27. The molecule has 1 aliphatic carbocycles. The minimum Gasteiger partial charge on any atom is -0.327 e. The molecular formula is C14H29NO2S. The molecule has 2 N–H and O–H groups in total. The van der Waals surface area contributed by atoms with Gasteiger partial charge in [-0.15, -0.1) is 0 Å². The van der Waals surface area contributed by atoms with E-state index in [2.05, 4.69) is 13.8 Å². The molecule has 0 aromatic rings. The summed E-state index contributed by atoms with van der Waals surface area (Å²) in [7, 11) is -3.10. The Labute approximate surface area is 112 Å². The van der Waals surface area contributed by atoms with Gasteiger partial charge in [0.25, 0.3) is 0 Å². The third-order valence-corrected chi connectivity index (χ3v) is 7.67. The summed E-state index contributed by atoms with van der Waals surface area (Å²) < 4.78 is 25.3. The van der Waals surface area contributed by atoms with Crippen molar-refractivity contribution in [3.63, 3.8) is 0 Å². The lowest BCUT2D eigenvalue weighted by molar-refractivity contribution is 0.260. The lowest BCUT2D eigenvalue weighted by Crippen LogP contribution is -2.49. The van der Waals surface area contributed by atoms with Crippen LogP contribution in [0.3, 0.4) is 0 Å². The molecule has 0 bridgehead atoms. The third-order valence-electron chi connectivity index (χ3n) is 4.71. The van der Waals surface area contributed by atoms with Crippen LogP contribution in [-0.2, 0) is 9.84 Å². The Balaban J connectivity index is 2.91. The fourth-order valence-electron chi connectivity index (χ4n) is 2.82. The summed E-state index contributed by atoms with van der Waals surface area (Å²) in [6.07, 6.45) is 2.66. The average Bonchev–Trinajstić information content (AvgIpc) is 2.27. The van der Waals surface area contributed by atoms with Gasteiger partial charge >= 0.3 is 0 Å². The van der Waals surface area contributed by atoms with Crippen molar-refractivity contribution in [1.82, 2.24) is 0 Å². The molecule has 4 heteroatoms. The molecule has 1 saturated carbocycles. The van der Waals surface area contributed by atoms with E-state index in [0.717, 1.165) is 19.3 Å². The second kappa shape index (κ2) is 5.91. The van der Waals surface area contributed by atoms with Crippen molar-refractivity contribution in [2.24, 2.45) is 23.5 Å². The first kappa shape index (κ1) is 16.0. The van der Waals surface area contributed by atoms with Gasteiger partial charge in [-0.05, 0) is 43.9 Å². The van der Waals surface area contributed by atoms with Gasteiger partial charge in [0, 0.05) is 6.04 Å². The summed E-state index contributed by atoms with van der Waals surface area (Å²) in [6.45, 7) is 10.1. The Hall–Kier alpha value is -0.0900. The van der Waals surface area contributed by atoms with E-state index >= 15 is 0 Å². The molecule has 4 atom stereocenters. The van der Waals surface area contributed by atoms with Crippen LogP contribution in [0.4, 0.5) is 0 Å². The van der Waals surface area contributed by atoms with E-state index in [4.69, 9.17) is 5.73 Å². The summed E-state index contributed by atoms with van der Waals surface area (Å²) in [5.74, 6) is 1.20. The van der Waals surface area contributed by atoms with Crippen molar-refractivity contribution < 1.29 is 8.42 Å². The van der Waals surface area contributed by atoms with Crippen LogP contribution >= 0.6 is 0 Å². The largest absolute Gasteiger partial charge is 0.327 e. The van der Waals surface area contributed by atoms with Crippen molar-refractivity contribution in [3.8, 4) is 0 Å². The zero-order valence-corrected chi connectivity index (χ0v) is 13.2. The first-order chi connectivity index (χ1) is 8.17. The van der Waals surface area contributed by atoms with Crippen LogP contribution in [0, 0.1) is 17.8 Å². The molecule has 0 aliphatic heterocycles. The van der Waals surface area contributed by atoms with Gasteiger partial charge in [-0.2, -0.15) is 0 Å². The lowest BCUT2D eigenvalue weighted by atomic mass is 9.79. The van der Waals surface area contributed by atoms with E-state index < -0.39 is 9.84 Å². The van der Waals surface area contributed by atoms with Gasteiger partial charge in [-0.1, -0.05) is 27.7 Å². The van der Waals surface area contributed by atoms with Crippen LogP contribution in [0.2, 0.25) is 0 Å². The van der Waals surface area contributed by atoms with Crippen molar-refractivity contribution >= 4 is 9.84 Å². The summed E-state index contributed by atoms with van der Waals surface area (Å²) in [4.78, 5) is 0. The van der Waals surface area contributed by atoms with Gasteiger partial charge in [0.1, 0.15) is 0 Å². The number of hydrogen-bond donors (Lipinski definition) is 1. The predicted molar refractivity (Wildman–Crippen MR) is 77.2 cm³/mol. The fourth-order valence-corrected chi connectivity index (χ4v) is 5.27. The highest BCUT2D eigenvalue weighted by molar-refractivity contribution is 7.92. The number of rotatable bonds is 4. The molecule has 0 aromatic carbocycles. The van der Waals surface area contributed by atoms with Crippen molar-refractivity contribution in [1.29, 1.82) is 0 Å². The maximum atomic E-state index is 12.6. The lowest BCUT2D eigenvalue weighted by Gasteiger charge is -2.37. The topological polar surface area (TPSA) is 60.2 Å². The van der Waals surface area contributed by atoms with Gasteiger partial charge in [-0.3, -0.25) is 0 Å². The molecule has 0 radical (unpaired) electrons. The molecule has 18 heavy (non-hydrogen) atoms. The fraction of sp³-hybridized carbons (Fsp3) is 1.00. The average molecular weight is 275 g/mol. The van der Waals surface area contributed by atoms with E-state index in [9.17, 15) is 8.42 Å². The minimum atomic E-state index is -3.10. The van der Waals surface area contributed by atoms with Crippen LogP contribution in [0.15, 0.2) is 0 Å². The van der Waals surface area contributed by atoms with Crippen LogP contribution in [0.5, 0.6) is 0 Å².